The molecule has 1 aromatic carbocycles. The number of likely N-dealkylation sites (tertiary alicyclic amines) is 1. The maximum Gasteiger partial charge on any atom is 0.341 e. The Kier molecular flexibility index (Phi) is 5.07. The molecular formula is C19H25NO4. The number of carbonyl (C=O) groups excluding carboxylic acids is 1. The Morgan fingerprint density at radius 2 is 1.79 bits per heavy atom. The molecular weight excluding hydrogens is 306 g/mol. The average molecular weight is 331 g/mol. The number of aliphatic carboxylic acids is 1. The number of hydrogen-bond acceptors (Lipinski definition) is 3. The number of carboxylic acid groups (broad SMARTS) is 1. The molecule has 1 aliphatic heterocycles. The standard InChI is InChI=1S/C19H25NO4/c21-17(22)14-24-16-6-4-5-15(13-16)18(23)20-11-9-19(10-12-20)7-2-1-3-8-19/h4-6,13H,1-3,7-12,14H2,(H,21,22). The number of carboxylic acids is 1. The zero-order valence-electron chi connectivity index (χ0n) is 14.0. The molecule has 0 bridgehead atoms. The lowest BCUT2D eigenvalue weighted by Gasteiger charge is -2.44. The normalized spacial score (nSPS) is 19.9. The summed E-state index contributed by atoms with van der Waals surface area (Å²) in [4.78, 5) is 25.2. The summed E-state index contributed by atoms with van der Waals surface area (Å²) in [7, 11) is 0. The van der Waals surface area contributed by atoms with Crippen molar-refractivity contribution in [2.75, 3.05) is 19.7 Å². The van der Waals surface area contributed by atoms with E-state index >= 15 is 0 Å². The highest BCUT2D eigenvalue weighted by Crippen LogP contribution is 2.44. The van der Waals surface area contributed by atoms with Crippen molar-refractivity contribution in [1.29, 1.82) is 0 Å². The van der Waals surface area contributed by atoms with Gasteiger partial charge in [-0.2, -0.15) is 0 Å². The highest BCUT2D eigenvalue weighted by Gasteiger charge is 2.36. The summed E-state index contributed by atoms with van der Waals surface area (Å²) in [5.74, 6) is -0.592. The Balaban J connectivity index is 1.60. The van der Waals surface area contributed by atoms with Crippen LogP contribution in [0, 0.1) is 5.41 Å². The highest BCUT2D eigenvalue weighted by molar-refractivity contribution is 5.94. The van der Waals surface area contributed by atoms with E-state index in [0.717, 1.165) is 25.9 Å². The maximum absolute atomic E-state index is 12.7. The van der Waals surface area contributed by atoms with Gasteiger partial charge in [-0.3, -0.25) is 4.79 Å². The first-order valence-corrected chi connectivity index (χ1v) is 8.82. The monoisotopic (exact) mass is 331 g/mol. The van der Waals surface area contributed by atoms with Gasteiger partial charge >= 0.3 is 5.97 Å². The smallest absolute Gasteiger partial charge is 0.341 e. The summed E-state index contributed by atoms with van der Waals surface area (Å²) in [6.07, 6.45) is 8.85. The minimum Gasteiger partial charge on any atom is -0.482 e. The molecule has 130 valence electrons. The number of carbonyl (C=O) groups is 2. The lowest BCUT2D eigenvalue weighted by atomic mass is 9.68. The van der Waals surface area contributed by atoms with E-state index in [9.17, 15) is 9.59 Å². The molecule has 0 unspecified atom stereocenters. The van der Waals surface area contributed by atoms with Crippen molar-refractivity contribution >= 4 is 11.9 Å². The fraction of sp³-hybridized carbons (Fsp3) is 0.579. The molecule has 3 rings (SSSR count). The molecule has 2 fully saturated rings. The van der Waals surface area contributed by atoms with E-state index in [-0.39, 0.29) is 5.91 Å². The van der Waals surface area contributed by atoms with Gasteiger partial charge in [0.15, 0.2) is 6.61 Å². The summed E-state index contributed by atoms with van der Waals surface area (Å²) in [5.41, 5.74) is 1.04. The van der Waals surface area contributed by atoms with E-state index in [4.69, 9.17) is 9.84 Å². The summed E-state index contributed by atoms with van der Waals surface area (Å²) in [6, 6.07) is 6.81. The molecule has 0 radical (unpaired) electrons. The summed E-state index contributed by atoms with van der Waals surface area (Å²) < 4.78 is 5.17. The number of rotatable bonds is 4. The van der Waals surface area contributed by atoms with E-state index < -0.39 is 12.6 Å². The van der Waals surface area contributed by atoms with E-state index in [2.05, 4.69) is 0 Å². The van der Waals surface area contributed by atoms with Crippen LogP contribution in [0.2, 0.25) is 0 Å². The van der Waals surface area contributed by atoms with Gasteiger partial charge in [0.05, 0.1) is 0 Å². The minimum absolute atomic E-state index is 0.0152. The van der Waals surface area contributed by atoms with Crippen molar-refractivity contribution in [3.8, 4) is 5.75 Å². The first-order valence-electron chi connectivity index (χ1n) is 8.82. The second-order valence-electron chi connectivity index (χ2n) is 7.06. The molecule has 2 aliphatic rings. The molecule has 5 nitrogen and oxygen atoms in total. The molecule has 5 heteroatoms. The van der Waals surface area contributed by atoms with Crippen LogP contribution in [-0.2, 0) is 4.79 Å². The van der Waals surface area contributed by atoms with E-state index in [0.29, 0.717) is 16.7 Å². The fourth-order valence-corrected chi connectivity index (χ4v) is 4.03. The zero-order valence-corrected chi connectivity index (χ0v) is 14.0. The molecule has 0 aromatic heterocycles. The molecule has 24 heavy (non-hydrogen) atoms. The predicted octanol–water partition coefficient (Wildman–Crippen LogP) is 3.34. The Morgan fingerprint density at radius 3 is 2.46 bits per heavy atom. The fourth-order valence-electron chi connectivity index (χ4n) is 4.03. The quantitative estimate of drug-likeness (QED) is 0.919. The van der Waals surface area contributed by atoms with Crippen molar-refractivity contribution < 1.29 is 19.4 Å². The van der Waals surface area contributed by atoms with Crippen LogP contribution in [0.15, 0.2) is 24.3 Å². The van der Waals surface area contributed by atoms with Gasteiger partial charge in [0.1, 0.15) is 5.75 Å². The number of ether oxygens (including phenoxy) is 1. The van der Waals surface area contributed by atoms with Gasteiger partial charge in [-0.15, -0.1) is 0 Å². The molecule has 1 saturated heterocycles. The lowest BCUT2D eigenvalue weighted by molar-refractivity contribution is -0.139. The van der Waals surface area contributed by atoms with Crippen LogP contribution in [0.5, 0.6) is 5.75 Å². The molecule has 1 heterocycles. The number of amides is 1. The minimum atomic E-state index is -1.03. The number of hydrogen-bond donors (Lipinski definition) is 1. The number of piperidine rings is 1. The summed E-state index contributed by atoms with van der Waals surface area (Å²) in [5, 5.41) is 8.68. The van der Waals surface area contributed by atoms with Crippen molar-refractivity contribution in [1.82, 2.24) is 4.90 Å². The SMILES string of the molecule is O=C(O)COc1cccc(C(=O)N2CCC3(CCCCC3)CC2)c1. The highest BCUT2D eigenvalue weighted by atomic mass is 16.5. The Morgan fingerprint density at radius 1 is 1.08 bits per heavy atom. The Bertz CT molecular complexity index is 597. The second kappa shape index (κ2) is 7.24. The Labute approximate surface area is 142 Å². The number of benzene rings is 1. The van der Waals surface area contributed by atoms with Gasteiger partial charge in [-0.1, -0.05) is 25.3 Å². The van der Waals surface area contributed by atoms with Gasteiger partial charge < -0.3 is 14.7 Å². The molecule has 1 aliphatic carbocycles. The van der Waals surface area contributed by atoms with E-state index in [1.54, 1.807) is 24.3 Å². The van der Waals surface area contributed by atoms with Crippen molar-refractivity contribution in [2.24, 2.45) is 5.41 Å². The van der Waals surface area contributed by atoms with E-state index in [1.807, 2.05) is 4.90 Å². The molecule has 1 N–H and O–H groups in total. The molecule has 1 aromatic rings. The van der Waals surface area contributed by atoms with Crippen LogP contribution in [0.1, 0.15) is 55.3 Å². The largest absolute Gasteiger partial charge is 0.482 e. The van der Waals surface area contributed by atoms with Crippen LogP contribution >= 0.6 is 0 Å². The third-order valence-corrected chi connectivity index (χ3v) is 5.47. The molecule has 1 amide bonds. The number of nitrogens with zero attached hydrogens (tertiary/aromatic N) is 1. The van der Waals surface area contributed by atoms with Crippen molar-refractivity contribution in [3.63, 3.8) is 0 Å². The van der Waals surface area contributed by atoms with E-state index in [1.165, 1.54) is 32.1 Å². The maximum atomic E-state index is 12.7. The summed E-state index contributed by atoms with van der Waals surface area (Å²) in [6.45, 7) is 1.24. The van der Waals surface area contributed by atoms with Gasteiger partial charge in [-0.05, 0) is 49.3 Å². The lowest BCUT2D eigenvalue weighted by Crippen LogP contribution is -2.43. The van der Waals surface area contributed by atoms with Crippen molar-refractivity contribution in [3.05, 3.63) is 29.8 Å². The molecule has 1 saturated carbocycles. The zero-order chi connectivity index (χ0) is 17.0. The average Bonchev–Trinajstić information content (AvgIpc) is 2.61. The second-order valence-corrected chi connectivity index (χ2v) is 7.06. The van der Waals surface area contributed by atoms with Crippen LogP contribution in [0.4, 0.5) is 0 Å². The van der Waals surface area contributed by atoms with Crippen LogP contribution in [0.25, 0.3) is 0 Å². The first kappa shape index (κ1) is 16.8. The van der Waals surface area contributed by atoms with Gasteiger partial charge in [0.25, 0.3) is 5.91 Å². The van der Waals surface area contributed by atoms with Gasteiger partial charge in [0.2, 0.25) is 0 Å². The Hall–Kier alpha value is -2.04. The summed E-state index contributed by atoms with van der Waals surface area (Å²) >= 11 is 0. The molecule has 0 atom stereocenters. The third kappa shape index (κ3) is 3.89. The van der Waals surface area contributed by atoms with Crippen LogP contribution < -0.4 is 4.74 Å². The van der Waals surface area contributed by atoms with Gasteiger partial charge in [0, 0.05) is 18.7 Å². The first-order chi connectivity index (χ1) is 11.6. The molecule has 1 spiro atoms. The topological polar surface area (TPSA) is 66.8 Å². The van der Waals surface area contributed by atoms with Crippen molar-refractivity contribution in [2.45, 2.75) is 44.9 Å². The predicted molar refractivity (Wildman–Crippen MR) is 90.2 cm³/mol. The van der Waals surface area contributed by atoms with Crippen LogP contribution in [-0.4, -0.2) is 41.6 Å². The van der Waals surface area contributed by atoms with Crippen LogP contribution in [0.3, 0.4) is 0 Å². The third-order valence-electron chi connectivity index (χ3n) is 5.47. The van der Waals surface area contributed by atoms with Gasteiger partial charge in [-0.25, -0.2) is 4.79 Å².